The van der Waals surface area contributed by atoms with Crippen LogP contribution in [-0.2, 0) is 0 Å². The fraction of sp³-hybridized carbons (Fsp3) is 1.00. The van der Waals surface area contributed by atoms with Crippen molar-refractivity contribution >= 4 is 0 Å². The van der Waals surface area contributed by atoms with E-state index < -0.39 is 0 Å². The average Bonchev–Trinajstić information content (AvgIpc) is 2.34. The number of nitrogens with one attached hydrogen (secondary N) is 1. The van der Waals surface area contributed by atoms with Crippen molar-refractivity contribution in [3.63, 3.8) is 0 Å². The van der Waals surface area contributed by atoms with Gasteiger partial charge in [-0.05, 0) is 66.3 Å². The number of nitrogens with zero attached hydrogens (tertiary/aromatic N) is 2. The second kappa shape index (κ2) is 8.06. The van der Waals surface area contributed by atoms with E-state index in [1.165, 1.54) is 38.8 Å². The highest BCUT2D eigenvalue weighted by Gasteiger charge is 2.24. The zero-order valence-electron chi connectivity index (χ0n) is 12.2. The van der Waals surface area contributed by atoms with Gasteiger partial charge >= 0.3 is 0 Å². The lowest BCUT2D eigenvalue weighted by Crippen LogP contribution is -2.48. The first-order valence-electron chi connectivity index (χ1n) is 7.26. The van der Waals surface area contributed by atoms with Gasteiger partial charge in [0.25, 0.3) is 0 Å². The van der Waals surface area contributed by atoms with Gasteiger partial charge in [-0.3, -0.25) is 4.90 Å². The van der Waals surface area contributed by atoms with Gasteiger partial charge < -0.3 is 10.2 Å². The largest absolute Gasteiger partial charge is 0.317 e. The first-order valence-corrected chi connectivity index (χ1v) is 7.26. The highest BCUT2D eigenvalue weighted by atomic mass is 15.2. The molecular weight excluding hydrogens is 210 g/mol. The molecule has 17 heavy (non-hydrogen) atoms. The molecule has 3 nitrogen and oxygen atoms in total. The zero-order valence-corrected chi connectivity index (χ0v) is 12.2. The minimum Gasteiger partial charge on any atom is -0.317 e. The fourth-order valence-electron chi connectivity index (χ4n) is 2.60. The molecule has 0 aliphatic carbocycles. The third kappa shape index (κ3) is 5.36. The molecule has 1 heterocycles. The number of likely N-dealkylation sites (N-methyl/N-ethyl adjacent to an activating group) is 1. The van der Waals surface area contributed by atoms with Crippen molar-refractivity contribution in [1.29, 1.82) is 0 Å². The highest BCUT2D eigenvalue weighted by molar-refractivity contribution is 4.81. The summed E-state index contributed by atoms with van der Waals surface area (Å²) < 4.78 is 0. The summed E-state index contributed by atoms with van der Waals surface area (Å²) in [6.07, 6.45) is 5.24. The molecular formula is C14H31N3. The molecule has 0 saturated carbocycles. The van der Waals surface area contributed by atoms with Crippen molar-refractivity contribution in [1.82, 2.24) is 15.1 Å². The lowest BCUT2D eigenvalue weighted by atomic mass is 10.0. The molecule has 0 bridgehead atoms. The monoisotopic (exact) mass is 241 g/mol. The van der Waals surface area contributed by atoms with E-state index in [4.69, 9.17) is 0 Å². The first-order chi connectivity index (χ1) is 8.15. The Morgan fingerprint density at radius 2 is 2.12 bits per heavy atom. The second-order valence-electron chi connectivity index (χ2n) is 5.64. The van der Waals surface area contributed by atoms with Gasteiger partial charge in [0.1, 0.15) is 0 Å². The van der Waals surface area contributed by atoms with Crippen LogP contribution in [0.3, 0.4) is 0 Å². The smallest absolute Gasteiger partial charge is 0.0217 e. The molecule has 0 aromatic carbocycles. The van der Waals surface area contributed by atoms with Crippen molar-refractivity contribution in [2.75, 3.05) is 40.3 Å². The van der Waals surface area contributed by atoms with E-state index in [1.54, 1.807) is 0 Å². The van der Waals surface area contributed by atoms with Crippen molar-refractivity contribution < 1.29 is 0 Å². The SMILES string of the molecule is CCCNCCC(C)N1CCCC(N(C)C)C1. The Morgan fingerprint density at radius 1 is 1.35 bits per heavy atom. The Kier molecular flexibility index (Phi) is 7.09. The summed E-state index contributed by atoms with van der Waals surface area (Å²) in [7, 11) is 4.42. The van der Waals surface area contributed by atoms with Gasteiger partial charge in [0.05, 0.1) is 0 Å². The van der Waals surface area contributed by atoms with Crippen LogP contribution in [0.25, 0.3) is 0 Å². The topological polar surface area (TPSA) is 18.5 Å². The third-order valence-electron chi connectivity index (χ3n) is 3.95. The van der Waals surface area contributed by atoms with E-state index in [2.05, 4.69) is 43.1 Å². The minimum absolute atomic E-state index is 0.724. The predicted octanol–water partition coefficient (Wildman–Crippen LogP) is 1.79. The molecule has 3 heteroatoms. The number of piperidine rings is 1. The fourth-order valence-corrected chi connectivity index (χ4v) is 2.60. The molecule has 1 aliphatic rings. The summed E-state index contributed by atoms with van der Waals surface area (Å²) in [6, 6.07) is 1.48. The van der Waals surface area contributed by atoms with Crippen LogP contribution in [-0.4, -0.2) is 62.2 Å². The van der Waals surface area contributed by atoms with Crippen molar-refractivity contribution in [3.05, 3.63) is 0 Å². The van der Waals surface area contributed by atoms with Gasteiger partial charge in [-0.2, -0.15) is 0 Å². The Bertz CT molecular complexity index is 194. The van der Waals surface area contributed by atoms with E-state index >= 15 is 0 Å². The summed E-state index contributed by atoms with van der Waals surface area (Å²) in [5.74, 6) is 0. The maximum atomic E-state index is 3.50. The Morgan fingerprint density at radius 3 is 2.76 bits per heavy atom. The molecule has 0 amide bonds. The van der Waals surface area contributed by atoms with Crippen molar-refractivity contribution in [3.8, 4) is 0 Å². The molecule has 1 fully saturated rings. The summed E-state index contributed by atoms with van der Waals surface area (Å²) in [5, 5.41) is 3.50. The number of rotatable bonds is 7. The second-order valence-corrected chi connectivity index (χ2v) is 5.64. The van der Waals surface area contributed by atoms with Crippen LogP contribution >= 0.6 is 0 Å². The standard InChI is InChI=1S/C14H31N3/c1-5-9-15-10-8-13(2)17-11-6-7-14(12-17)16(3)4/h13-15H,5-12H2,1-4H3. The molecule has 1 aliphatic heterocycles. The summed E-state index contributed by atoms with van der Waals surface area (Å²) in [6.45, 7) is 9.47. The van der Waals surface area contributed by atoms with E-state index in [-0.39, 0.29) is 0 Å². The van der Waals surface area contributed by atoms with Crippen LogP contribution in [0.5, 0.6) is 0 Å². The maximum absolute atomic E-state index is 3.50. The van der Waals surface area contributed by atoms with Crippen LogP contribution in [0, 0.1) is 0 Å². The minimum atomic E-state index is 0.724. The molecule has 2 atom stereocenters. The molecule has 0 aromatic rings. The van der Waals surface area contributed by atoms with Crippen LogP contribution in [0.1, 0.15) is 39.5 Å². The molecule has 2 unspecified atom stereocenters. The number of likely N-dealkylation sites (tertiary alicyclic amines) is 1. The van der Waals surface area contributed by atoms with Crippen LogP contribution in [0.15, 0.2) is 0 Å². The normalized spacial score (nSPS) is 24.2. The van der Waals surface area contributed by atoms with Crippen molar-refractivity contribution in [2.45, 2.75) is 51.6 Å². The lowest BCUT2D eigenvalue weighted by molar-refractivity contribution is 0.0988. The molecule has 0 radical (unpaired) electrons. The van der Waals surface area contributed by atoms with Gasteiger partial charge in [0.2, 0.25) is 0 Å². The molecule has 0 spiro atoms. The van der Waals surface area contributed by atoms with Crippen molar-refractivity contribution in [2.24, 2.45) is 0 Å². The maximum Gasteiger partial charge on any atom is 0.0217 e. The zero-order chi connectivity index (χ0) is 12.7. The van der Waals surface area contributed by atoms with Crippen LogP contribution in [0.4, 0.5) is 0 Å². The number of hydrogen-bond donors (Lipinski definition) is 1. The molecule has 1 N–H and O–H groups in total. The molecule has 1 saturated heterocycles. The summed E-state index contributed by atoms with van der Waals surface area (Å²) in [5.41, 5.74) is 0. The quantitative estimate of drug-likeness (QED) is 0.686. The average molecular weight is 241 g/mol. The lowest BCUT2D eigenvalue weighted by Gasteiger charge is -2.39. The summed E-state index contributed by atoms with van der Waals surface area (Å²) in [4.78, 5) is 5.05. The third-order valence-corrected chi connectivity index (χ3v) is 3.95. The molecule has 0 aromatic heterocycles. The van der Waals surface area contributed by atoms with E-state index in [1.807, 2.05) is 0 Å². The molecule has 1 rings (SSSR count). The Hall–Kier alpha value is -0.120. The highest BCUT2D eigenvalue weighted by Crippen LogP contribution is 2.17. The molecule has 102 valence electrons. The summed E-state index contributed by atoms with van der Waals surface area (Å²) >= 11 is 0. The van der Waals surface area contributed by atoms with Gasteiger partial charge in [-0.1, -0.05) is 6.92 Å². The predicted molar refractivity (Wildman–Crippen MR) is 75.5 cm³/mol. The van der Waals surface area contributed by atoms with E-state index in [0.717, 1.165) is 25.2 Å². The van der Waals surface area contributed by atoms with Crippen LogP contribution < -0.4 is 5.32 Å². The van der Waals surface area contributed by atoms with Gasteiger partial charge in [0.15, 0.2) is 0 Å². The van der Waals surface area contributed by atoms with Crippen LogP contribution in [0.2, 0.25) is 0 Å². The Labute approximate surface area is 108 Å². The number of hydrogen-bond acceptors (Lipinski definition) is 3. The van der Waals surface area contributed by atoms with E-state index in [9.17, 15) is 0 Å². The van der Waals surface area contributed by atoms with Gasteiger partial charge in [0, 0.05) is 18.6 Å². The van der Waals surface area contributed by atoms with E-state index in [0.29, 0.717) is 0 Å². The van der Waals surface area contributed by atoms with Gasteiger partial charge in [-0.15, -0.1) is 0 Å². The van der Waals surface area contributed by atoms with Gasteiger partial charge in [-0.25, -0.2) is 0 Å². The Balaban J connectivity index is 2.23. The first kappa shape index (κ1) is 14.9.